The van der Waals surface area contributed by atoms with Gasteiger partial charge in [-0.25, -0.2) is 4.68 Å². The summed E-state index contributed by atoms with van der Waals surface area (Å²) < 4.78 is 6.86. The zero-order chi connectivity index (χ0) is 10.7. The van der Waals surface area contributed by atoms with Crippen LogP contribution < -0.4 is 10.5 Å². The van der Waals surface area contributed by atoms with E-state index in [4.69, 9.17) is 15.6 Å². The van der Waals surface area contributed by atoms with Gasteiger partial charge < -0.3 is 15.6 Å². The first-order valence-electron chi connectivity index (χ1n) is 4.55. The SMILES string of the molecule is COc1c([C@H](N)CCO)c(C)nn1C. The third kappa shape index (κ3) is 1.88. The van der Waals surface area contributed by atoms with Gasteiger partial charge in [0.15, 0.2) is 0 Å². The molecule has 0 aliphatic carbocycles. The topological polar surface area (TPSA) is 73.3 Å². The minimum Gasteiger partial charge on any atom is -0.481 e. The maximum absolute atomic E-state index is 8.81. The molecule has 0 spiro atoms. The minimum atomic E-state index is -0.219. The molecule has 80 valence electrons. The number of nitrogens with zero attached hydrogens (tertiary/aromatic N) is 2. The number of aryl methyl sites for hydroxylation is 2. The van der Waals surface area contributed by atoms with Gasteiger partial charge in [0, 0.05) is 19.7 Å². The lowest BCUT2D eigenvalue weighted by molar-refractivity contribution is 0.274. The summed E-state index contributed by atoms with van der Waals surface area (Å²) in [6.07, 6.45) is 0.517. The average molecular weight is 199 g/mol. The number of hydrogen-bond acceptors (Lipinski definition) is 4. The van der Waals surface area contributed by atoms with Gasteiger partial charge in [0.25, 0.3) is 0 Å². The Kier molecular flexibility index (Phi) is 3.49. The molecule has 1 atom stereocenters. The molecular weight excluding hydrogens is 182 g/mol. The van der Waals surface area contributed by atoms with Crippen molar-refractivity contribution in [1.29, 1.82) is 0 Å². The van der Waals surface area contributed by atoms with Crippen LogP contribution >= 0.6 is 0 Å². The van der Waals surface area contributed by atoms with Crippen molar-refractivity contribution in [2.24, 2.45) is 12.8 Å². The van der Waals surface area contributed by atoms with Crippen LogP contribution in [0.1, 0.15) is 23.7 Å². The summed E-state index contributed by atoms with van der Waals surface area (Å²) in [7, 11) is 3.40. The molecule has 0 amide bonds. The molecule has 0 radical (unpaired) electrons. The summed E-state index contributed by atoms with van der Waals surface area (Å²) in [6.45, 7) is 1.95. The van der Waals surface area contributed by atoms with Crippen molar-refractivity contribution in [3.05, 3.63) is 11.3 Å². The van der Waals surface area contributed by atoms with E-state index in [0.29, 0.717) is 12.3 Å². The van der Waals surface area contributed by atoms with Crippen LogP contribution in [0, 0.1) is 6.92 Å². The summed E-state index contributed by atoms with van der Waals surface area (Å²) in [4.78, 5) is 0. The van der Waals surface area contributed by atoms with Gasteiger partial charge in [0.05, 0.1) is 18.4 Å². The van der Waals surface area contributed by atoms with Crippen LogP contribution in [0.2, 0.25) is 0 Å². The summed E-state index contributed by atoms with van der Waals surface area (Å²) >= 11 is 0. The van der Waals surface area contributed by atoms with Crippen LogP contribution in [-0.2, 0) is 7.05 Å². The maximum atomic E-state index is 8.81. The van der Waals surface area contributed by atoms with Gasteiger partial charge in [-0.2, -0.15) is 5.10 Å². The first-order chi connectivity index (χ1) is 6.61. The summed E-state index contributed by atoms with van der Waals surface area (Å²) in [5.74, 6) is 0.670. The number of aromatic nitrogens is 2. The van der Waals surface area contributed by atoms with E-state index in [0.717, 1.165) is 11.3 Å². The van der Waals surface area contributed by atoms with Crippen molar-refractivity contribution >= 4 is 0 Å². The van der Waals surface area contributed by atoms with E-state index in [1.165, 1.54) is 0 Å². The Bertz CT molecular complexity index is 309. The number of rotatable bonds is 4. The molecule has 5 heteroatoms. The van der Waals surface area contributed by atoms with E-state index in [1.54, 1.807) is 18.8 Å². The van der Waals surface area contributed by atoms with Gasteiger partial charge in [-0.3, -0.25) is 0 Å². The highest BCUT2D eigenvalue weighted by atomic mass is 16.5. The number of ether oxygens (including phenoxy) is 1. The lowest BCUT2D eigenvalue weighted by Gasteiger charge is -2.11. The molecule has 3 N–H and O–H groups in total. The van der Waals surface area contributed by atoms with Crippen molar-refractivity contribution in [2.45, 2.75) is 19.4 Å². The fourth-order valence-corrected chi connectivity index (χ4v) is 1.61. The lowest BCUT2D eigenvalue weighted by Crippen LogP contribution is -2.13. The second-order valence-electron chi connectivity index (χ2n) is 3.25. The molecule has 0 fully saturated rings. The fraction of sp³-hybridized carbons (Fsp3) is 0.667. The highest BCUT2D eigenvalue weighted by Crippen LogP contribution is 2.27. The molecule has 0 aliphatic heterocycles. The Morgan fingerprint density at radius 1 is 1.64 bits per heavy atom. The third-order valence-corrected chi connectivity index (χ3v) is 2.22. The number of methoxy groups -OCH3 is 1. The number of aliphatic hydroxyl groups excluding tert-OH is 1. The molecule has 0 saturated heterocycles. The molecule has 5 nitrogen and oxygen atoms in total. The molecule has 1 aromatic rings. The van der Waals surface area contributed by atoms with Crippen molar-refractivity contribution in [2.75, 3.05) is 13.7 Å². The standard InChI is InChI=1S/C9H17N3O2/c1-6-8(7(10)4-5-13)9(14-3)12(2)11-6/h7,13H,4-5,10H2,1-3H3/t7-/m1/s1. The Hall–Kier alpha value is -1.07. The normalized spacial score (nSPS) is 12.9. The summed E-state index contributed by atoms with van der Waals surface area (Å²) in [6, 6.07) is -0.219. The molecule has 14 heavy (non-hydrogen) atoms. The van der Waals surface area contributed by atoms with Gasteiger partial charge in [0.2, 0.25) is 5.88 Å². The first-order valence-corrected chi connectivity index (χ1v) is 4.55. The molecule has 0 unspecified atom stereocenters. The zero-order valence-corrected chi connectivity index (χ0v) is 8.82. The van der Waals surface area contributed by atoms with Crippen LogP contribution in [0.15, 0.2) is 0 Å². The maximum Gasteiger partial charge on any atom is 0.216 e. The van der Waals surface area contributed by atoms with E-state index in [9.17, 15) is 0 Å². The van der Waals surface area contributed by atoms with Crippen LogP contribution in [0.4, 0.5) is 0 Å². The predicted octanol–water partition coefficient (Wildman–Crippen LogP) is 0.119. The highest BCUT2D eigenvalue weighted by molar-refractivity contribution is 5.33. The molecule has 1 heterocycles. The molecule has 0 aromatic carbocycles. The van der Waals surface area contributed by atoms with Crippen molar-refractivity contribution < 1.29 is 9.84 Å². The van der Waals surface area contributed by atoms with Gasteiger partial charge in [-0.05, 0) is 13.3 Å². The van der Waals surface area contributed by atoms with Crippen molar-refractivity contribution in [3.63, 3.8) is 0 Å². The zero-order valence-electron chi connectivity index (χ0n) is 8.82. The summed E-state index contributed by atoms with van der Waals surface area (Å²) in [5, 5.41) is 13.0. The largest absolute Gasteiger partial charge is 0.481 e. The van der Waals surface area contributed by atoms with E-state index in [2.05, 4.69) is 5.10 Å². The monoisotopic (exact) mass is 199 g/mol. The lowest BCUT2D eigenvalue weighted by atomic mass is 10.1. The van der Waals surface area contributed by atoms with Crippen LogP contribution in [0.25, 0.3) is 0 Å². The van der Waals surface area contributed by atoms with Gasteiger partial charge >= 0.3 is 0 Å². The van der Waals surface area contributed by atoms with Crippen molar-refractivity contribution in [1.82, 2.24) is 9.78 Å². The van der Waals surface area contributed by atoms with Crippen LogP contribution in [0.3, 0.4) is 0 Å². The summed E-state index contributed by atoms with van der Waals surface area (Å²) in [5.41, 5.74) is 7.63. The molecule has 1 aromatic heterocycles. The smallest absolute Gasteiger partial charge is 0.216 e. The Morgan fingerprint density at radius 2 is 2.29 bits per heavy atom. The number of aliphatic hydroxyl groups is 1. The number of hydrogen-bond donors (Lipinski definition) is 2. The first kappa shape index (κ1) is 11.0. The van der Waals surface area contributed by atoms with Crippen LogP contribution in [0.5, 0.6) is 5.88 Å². The molecule has 1 rings (SSSR count). The number of nitrogens with two attached hydrogens (primary N) is 1. The van der Waals surface area contributed by atoms with E-state index in [1.807, 2.05) is 6.92 Å². The quantitative estimate of drug-likeness (QED) is 0.722. The van der Waals surface area contributed by atoms with Crippen molar-refractivity contribution in [3.8, 4) is 5.88 Å². The van der Waals surface area contributed by atoms with Gasteiger partial charge in [-0.15, -0.1) is 0 Å². The van der Waals surface area contributed by atoms with E-state index < -0.39 is 0 Å². The minimum absolute atomic E-state index is 0.0681. The highest BCUT2D eigenvalue weighted by Gasteiger charge is 2.19. The van der Waals surface area contributed by atoms with E-state index >= 15 is 0 Å². The molecular formula is C9H17N3O2. The Labute approximate surface area is 83.5 Å². The molecule has 0 saturated carbocycles. The van der Waals surface area contributed by atoms with Gasteiger partial charge in [-0.1, -0.05) is 0 Å². The Morgan fingerprint density at radius 3 is 2.79 bits per heavy atom. The van der Waals surface area contributed by atoms with Gasteiger partial charge in [0.1, 0.15) is 0 Å². The second kappa shape index (κ2) is 4.43. The third-order valence-electron chi connectivity index (χ3n) is 2.22. The average Bonchev–Trinajstić information content (AvgIpc) is 2.40. The fourth-order valence-electron chi connectivity index (χ4n) is 1.61. The Balaban J connectivity index is 3.04. The van der Waals surface area contributed by atoms with E-state index in [-0.39, 0.29) is 12.6 Å². The molecule has 0 bridgehead atoms. The second-order valence-corrected chi connectivity index (χ2v) is 3.25. The van der Waals surface area contributed by atoms with Crippen LogP contribution in [-0.4, -0.2) is 28.6 Å². The molecule has 0 aliphatic rings. The predicted molar refractivity (Wildman–Crippen MR) is 53.1 cm³/mol.